The highest BCUT2D eigenvalue weighted by Crippen LogP contribution is 2.30. The van der Waals surface area contributed by atoms with E-state index in [4.69, 9.17) is 0 Å². The van der Waals surface area contributed by atoms with Crippen LogP contribution in [0.1, 0.15) is 34.3 Å². The van der Waals surface area contributed by atoms with Crippen LogP contribution in [-0.2, 0) is 9.59 Å². The lowest BCUT2D eigenvalue weighted by Gasteiger charge is -2.38. The molecule has 1 heterocycles. The number of nitrogens with one attached hydrogen (secondary N) is 1. The summed E-state index contributed by atoms with van der Waals surface area (Å²) in [7, 11) is 0. The van der Waals surface area contributed by atoms with Crippen molar-refractivity contribution in [2.75, 3.05) is 13.1 Å². The maximum atomic E-state index is 13.4. The Labute approximate surface area is 216 Å². The van der Waals surface area contributed by atoms with Gasteiger partial charge in [0.25, 0.3) is 5.91 Å². The molecule has 1 aliphatic rings. The lowest BCUT2D eigenvalue weighted by atomic mass is 9.96. The van der Waals surface area contributed by atoms with Crippen molar-refractivity contribution in [1.82, 2.24) is 15.1 Å². The van der Waals surface area contributed by atoms with Crippen molar-refractivity contribution in [2.24, 2.45) is 0 Å². The topological polar surface area (TPSA) is 69.7 Å². The van der Waals surface area contributed by atoms with Gasteiger partial charge in [0.2, 0.25) is 5.91 Å². The van der Waals surface area contributed by atoms with Crippen molar-refractivity contribution in [3.8, 4) is 0 Å². The van der Waals surface area contributed by atoms with E-state index in [1.807, 2.05) is 121 Å². The molecule has 0 radical (unpaired) electrons. The van der Waals surface area contributed by atoms with Gasteiger partial charge in [-0.25, -0.2) is 4.79 Å². The molecule has 1 saturated heterocycles. The van der Waals surface area contributed by atoms with E-state index in [1.54, 1.807) is 4.90 Å². The van der Waals surface area contributed by atoms with Gasteiger partial charge in [0.15, 0.2) is 0 Å². The monoisotopic (exact) mass is 489 g/mol. The van der Waals surface area contributed by atoms with Gasteiger partial charge in [-0.1, -0.05) is 121 Å². The third-order valence-electron chi connectivity index (χ3n) is 6.54. The van der Waals surface area contributed by atoms with Crippen LogP contribution in [0.25, 0.3) is 0 Å². The molecule has 0 unspecified atom stereocenters. The summed E-state index contributed by atoms with van der Waals surface area (Å²) in [5.74, 6) is -0.711. The SMILES string of the molecule is O=C1CN(C(c2ccccc2)c2ccccc2)C(=O)CN1C(=O)NC(c1ccccc1)c1ccccc1. The zero-order valence-corrected chi connectivity index (χ0v) is 20.2. The number of benzene rings is 4. The molecule has 1 fully saturated rings. The van der Waals surface area contributed by atoms with E-state index in [1.165, 1.54) is 0 Å². The van der Waals surface area contributed by atoms with E-state index in [2.05, 4.69) is 5.32 Å². The van der Waals surface area contributed by atoms with Crippen molar-refractivity contribution in [1.29, 1.82) is 0 Å². The van der Waals surface area contributed by atoms with Crippen LogP contribution in [0.4, 0.5) is 4.79 Å². The average molecular weight is 490 g/mol. The fraction of sp³-hybridized carbons (Fsp3) is 0.129. The predicted molar refractivity (Wildman–Crippen MR) is 141 cm³/mol. The largest absolute Gasteiger partial charge is 0.327 e. The number of hydrogen-bond donors (Lipinski definition) is 1. The molecule has 0 aromatic heterocycles. The maximum absolute atomic E-state index is 13.4. The zero-order chi connectivity index (χ0) is 25.6. The highest BCUT2D eigenvalue weighted by molar-refractivity contribution is 6.03. The second kappa shape index (κ2) is 10.9. The summed E-state index contributed by atoms with van der Waals surface area (Å²) in [4.78, 5) is 42.6. The summed E-state index contributed by atoms with van der Waals surface area (Å²) in [6.45, 7) is -0.515. The molecule has 4 amide bonds. The number of carbonyl (C=O) groups excluding carboxylic acids is 3. The maximum Gasteiger partial charge on any atom is 0.325 e. The predicted octanol–water partition coefficient (Wildman–Crippen LogP) is 4.95. The second-order valence-corrected chi connectivity index (χ2v) is 8.93. The lowest BCUT2D eigenvalue weighted by molar-refractivity contribution is -0.149. The average Bonchev–Trinajstić information content (AvgIpc) is 2.95. The van der Waals surface area contributed by atoms with Gasteiger partial charge in [-0.15, -0.1) is 0 Å². The summed E-state index contributed by atoms with van der Waals surface area (Å²) < 4.78 is 0. The van der Waals surface area contributed by atoms with Crippen LogP contribution in [0.15, 0.2) is 121 Å². The molecule has 0 bridgehead atoms. The van der Waals surface area contributed by atoms with Crippen molar-refractivity contribution >= 4 is 17.8 Å². The molecule has 0 atom stereocenters. The van der Waals surface area contributed by atoms with Gasteiger partial charge in [0, 0.05) is 0 Å². The number of piperazine rings is 1. The minimum absolute atomic E-state index is 0.192. The van der Waals surface area contributed by atoms with Crippen molar-refractivity contribution < 1.29 is 14.4 Å². The molecule has 0 saturated carbocycles. The third kappa shape index (κ3) is 5.28. The van der Waals surface area contributed by atoms with Crippen LogP contribution in [0, 0.1) is 0 Å². The summed E-state index contributed by atoms with van der Waals surface area (Å²) in [5.41, 5.74) is 3.57. The highest BCUT2D eigenvalue weighted by Gasteiger charge is 2.38. The van der Waals surface area contributed by atoms with E-state index in [9.17, 15) is 14.4 Å². The fourth-order valence-electron chi connectivity index (χ4n) is 4.73. The number of carbonyl (C=O) groups is 3. The molecule has 1 aliphatic heterocycles. The van der Waals surface area contributed by atoms with Gasteiger partial charge in [0.05, 0.1) is 12.1 Å². The van der Waals surface area contributed by atoms with Gasteiger partial charge in [-0.2, -0.15) is 0 Å². The second-order valence-electron chi connectivity index (χ2n) is 8.93. The smallest absolute Gasteiger partial charge is 0.325 e. The van der Waals surface area contributed by atoms with Crippen LogP contribution < -0.4 is 5.32 Å². The molecule has 1 N–H and O–H groups in total. The summed E-state index contributed by atoms with van der Waals surface area (Å²) in [6.07, 6.45) is 0. The fourth-order valence-corrected chi connectivity index (χ4v) is 4.73. The van der Waals surface area contributed by atoms with Gasteiger partial charge in [-0.3, -0.25) is 14.5 Å². The van der Waals surface area contributed by atoms with Crippen molar-refractivity contribution in [3.63, 3.8) is 0 Å². The molecular formula is C31H27N3O3. The molecule has 37 heavy (non-hydrogen) atoms. The Kier molecular flexibility index (Phi) is 7.08. The van der Waals surface area contributed by atoms with Crippen LogP contribution in [0.2, 0.25) is 0 Å². The van der Waals surface area contributed by atoms with Crippen LogP contribution in [0.3, 0.4) is 0 Å². The molecule has 5 rings (SSSR count). The first-order valence-electron chi connectivity index (χ1n) is 12.2. The van der Waals surface area contributed by atoms with Gasteiger partial charge in [-0.05, 0) is 22.3 Å². The number of imide groups is 1. The molecule has 4 aromatic carbocycles. The van der Waals surface area contributed by atoms with Crippen LogP contribution in [0.5, 0.6) is 0 Å². The first-order chi connectivity index (χ1) is 18.1. The van der Waals surface area contributed by atoms with E-state index in [0.717, 1.165) is 27.2 Å². The lowest BCUT2D eigenvalue weighted by Crippen LogP contribution is -2.58. The Balaban J connectivity index is 1.38. The summed E-state index contributed by atoms with van der Waals surface area (Å²) >= 11 is 0. The molecular weight excluding hydrogens is 462 g/mol. The number of rotatable bonds is 6. The quantitative estimate of drug-likeness (QED) is 0.417. The van der Waals surface area contributed by atoms with E-state index < -0.39 is 24.0 Å². The first kappa shape index (κ1) is 24.0. The van der Waals surface area contributed by atoms with E-state index in [0.29, 0.717) is 0 Å². The van der Waals surface area contributed by atoms with Gasteiger partial charge >= 0.3 is 6.03 Å². The number of urea groups is 1. The normalized spacial score (nSPS) is 13.8. The first-order valence-corrected chi connectivity index (χ1v) is 12.2. The van der Waals surface area contributed by atoms with E-state index in [-0.39, 0.29) is 19.0 Å². The molecule has 184 valence electrons. The molecule has 6 nitrogen and oxygen atoms in total. The van der Waals surface area contributed by atoms with Crippen LogP contribution in [-0.4, -0.2) is 40.7 Å². The molecule has 4 aromatic rings. The van der Waals surface area contributed by atoms with Crippen molar-refractivity contribution in [2.45, 2.75) is 12.1 Å². The Morgan fingerprint density at radius 3 is 1.41 bits per heavy atom. The Morgan fingerprint density at radius 2 is 0.973 bits per heavy atom. The van der Waals surface area contributed by atoms with E-state index >= 15 is 0 Å². The Morgan fingerprint density at radius 1 is 0.568 bits per heavy atom. The number of amides is 4. The highest BCUT2D eigenvalue weighted by atomic mass is 16.2. The summed E-state index contributed by atoms with van der Waals surface area (Å²) in [6, 6.07) is 36.9. The van der Waals surface area contributed by atoms with Gasteiger partial charge < -0.3 is 10.2 Å². The number of nitrogens with zero attached hydrogens (tertiary/aromatic N) is 2. The summed E-state index contributed by atoms with van der Waals surface area (Å²) in [5, 5.41) is 2.97. The minimum Gasteiger partial charge on any atom is -0.327 e. The third-order valence-corrected chi connectivity index (χ3v) is 6.54. The number of hydrogen-bond acceptors (Lipinski definition) is 3. The standard InChI is InChI=1S/C31H27N3O3/c35-27-22-34(31(37)32-29(23-13-5-1-6-14-23)24-15-7-2-8-16-24)28(36)21-33(27)30(25-17-9-3-10-18-25)26-19-11-4-12-20-26/h1-20,29-30H,21-22H2,(H,32,37). The molecule has 6 heteroatoms. The van der Waals surface area contributed by atoms with Crippen molar-refractivity contribution in [3.05, 3.63) is 144 Å². The van der Waals surface area contributed by atoms with Gasteiger partial charge in [0.1, 0.15) is 13.1 Å². The van der Waals surface area contributed by atoms with Crippen LogP contribution >= 0.6 is 0 Å². The minimum atomic E-state index is -0.591. The molecule has 0 spiro atoms. The Bertz CT molecular complexity index is 1280. The Hall–Kier alpha value is -4.71. The zero-order valence-electron chi connectivity index (χ0n) is 20.2. The molecule has 0 aliphatic carbocycles.